The van der Waals surface area contributed by atoms with Gasteiger partial charge >= 0.3 is 5.97 Å². The molecule has 1 aromatic heterocycles. The zero-order chi connectivity index (χ0) is 14.5. The molecule has 5 nitrogen and oxygen atoms in total. The Morgan fingerprint density at radius 2 is 2.20 bits per heavy atom. The molecule has 0 aliphatic rings. The van der Waals surface area contributed by atoms with Gasteiger partial charge in [0.15, 0.2) is 0 Å². The smallest absolute Gasteiger partial charge is 0.340 e. The lowest BCUT2D eigenvalue weighted by molar-refractivity contribution is 0.0601. The molecule has 20 heavy (non-hydrogen) atoms. The largest absolute Gasteiger partial charge is 0.473 e. The van der Waals surface area contributed by atoms with E-state index in [0.717, 1.165) is 10.0 Å². The van der Waals surface area contributed by atoms with Crippen LogP contribution in [0.4, 0.5) is 5.69 Å². The zero-order valence-electron chi connectivity index (χ0n) is 10.8. The van der Waals surface area contributed by atoms with Gasteiger partial charge in [-0.15, -0.1) is 0 Å². The number of methoxy groups -OCH3 is 1. The van der Waals surface area contributed by atoms with Gasteiger partial charge in [0.1, 0.15) is 6.61 Å². The van der Waals surface area contributed by atoms with Crippen molar-refractivity contribution in [2.75, 3.05) is 12.8 Å². The Balaban J connectivity index is 2.12. The van der Waals surface area contributed by atoms with Crippen molar-refractivity contribution >= 4 is 27.6 Å². The lowest BCUT2D eigenvalue weighted by atomic mass is 10.2. The maximum Gasteiger partial charge on any atom is 0.340 e. The minimum absolute atomic E-state index is 0.242. The molecule has 0 fully saturated rings. The summed E-state index contributed by atoms with van der Waals surface area (Å²) in [5.74, 6) is -0.197. The number of carbonyl (C=O) groups is 1. The molecule has 6 heteroatoms. The molecule has 0 aliphatic carbocycles. The van der Waals surface area contributed by atoms with E-state index in [1.807, 2.05) is 24.3 Å². The van der Waals surface area contributed by atoms with Gasteiger partial charge in [-0.1, -0.05) is 28.1 Å². The highest BCUT2D eigenvalue weighted by atomic mass is 79.9. The first-order valence-electron chi connectivity index (χ1n) is 5.81. The summed E-state index contributed by atoms with van der Waals surface area (Å²) >= 11 is 3.39. The number of anilines is 1. The van der Waals surface area contributed by atoms with E-state index in [0.29, 0.717) is 12.5 Å². The summed E-state index contributed by atoms with van der Waals surface area (Å²) in [5, 5.41) is 0. The fourth-order valence-electron chi connectivity index (χ4n) is 1.60. The van der Waals surface area contributed by atoms with E-state index in [4.69, 9.17) is 10.5 Å². The normalized spacial score (nSPS) is 10.1. The maximum atomic E-state index is 11.5. The number of aromatic nitrogens is 1. The second-order valence-corrected chi connectivity index (χ2v) is 4.94. The molecule has 0 aliphatic heterocycles. The van der Waals surface area contributed by atoms with Gasteiger partial charge in [-0.25, -0.2) is 9.78 Å². The number of hydrogen-bond acceptors (Lipinski definition) is 5. The van der Waals surface area contributed by atoms with Crippen molar-refractivity contribution in [1.29, 1.82) is 0 Å². The number of esters is 1. The average molecular weight is 337 g/mol. The van der Waals surface area contributed by atoms with Gasteiger partial charge in [0, 0.05) is 10.5 Å². The summed E-state index contributed by atoms with van der Waals surface area (Å²) in [7, 11) is 1.30. The maximum absolute atomic E-state index is 11.5. The second-order valence-electron chi connectivity index (χ2n) is 4.02. The number of hydrogen-bond donors (Lipinski definition) is 1. The number of carbonyl (C=O) groups excluding carboxylic acids is 1. The quantitative estimate of drug-likeness (QED) is 0.869. The van der Waals surface area contributed by atoms with E-state index < -0.39 is 5.97 Å². The molecule has 2 aromatic rings. The predicted molar refractivity (Wildman–Crippen MR) is 78.5 cm³/mol. The van der Waals surface area contributed by atoms with Crippen molar-refractivity contribution in [2.24, 2.45) is 0 Å². The monoisotopic (exact) mass is 336 g/mol. The third kappa shape index (κ3) is 3.48. The van der Waals surface area contributed by atoms with Gasteiger partial charge in [0.25, 0.3) is 0 Å². The van der Waals surface area contributed by atoms with Crippen LogP contribution in [0.15, 0.2) is 41.0 Å². The fraction of sp³-hybridized carbons (Fsp3) is 0.143. The number of pyridine rings is 1. The van der Waals surface area contributed by atoms with Crippen molar-refractivity contribution in [2.45, 2.75) is 6.61 Å². The Morgan fingerprint density at radius 1 is 1.40 bits per heavy atom. The molecule has 0 unspecified atom stereocenters. The van der Waals surface area contributed by atoms with Crippen LogP contribution >= 0.6 is 15.9 Å². The van der Waals surface area contributed by atoms with Crippen molar-refractivity contribution in [3.8, 4) is 5.88 Å². The van der Waals surface area contributed by atoms with Crippen LogP contribution in [0.25, 0.3) is 0 Å². The Morgan fingerprint density at radius 3 is 2.90 bits per heavy atom. The van der Waals surface area contributed by atoms with Crippen LogP contribution in [0.3, 0.4) is 0 Å². The first kappa shape index (κ1) is 14.3. The molecule has 1 heterocycles. The van der Waals surface area contributed by atoms with Gasteiger partial charge < -0.3 is 15.2 Å². The third-order valence-electron chi connectivity index (χ3n) is 2.59. The van der Waals surface area contributed by atoms with E-state index in [1.165, 1.54) is 19.4 Å². The molecule has 0 atom stereocenters. The minimum Gasteiger partial charge on any atom is -0.473 e. The summed E-state index contributed by atoms with van der Waals surface area (Å²) < 4.78 is 11.2. The number of nitrogens with two attached hydrogens (primary N) is 1. The predicted octanol–water partition coefficient (Wildman–Crippen LogP) is 2.79. The van der Waals surface area contributed by atoms with Crippen molar-refractivity contribution in [1.82, 2.24) is 4.98 Å². The number of halogens is 1. The molecular weight excluding hydrogens is 324 g/mol. The number of benzene rings is 1. The number of nitrogens with zero attached hydrogens (tertiary/aromatic N) is 1. The Hall–Kier alpha value is -2.08. The molecule has 0 spiro atoms. The van der Waals surface area contributed by atoms with Crippen LogP contribution in [0.2, 0.25) is 0 Å². The number of ether oxygens (including phenoxy) is 2. The summed E-state index contributed by atoms with van der Waals surface area (Å²) in [6.07, 6.45) is 1.38. The lowest BCUT2D eigenvalue weighted by Gasteiger charge is -2.08. The SMILES string of the molecule is COC(=O)c1cc(OCc2cccc(Br)c2)ncc1N. The van der Waals surface area contributed by atoms with E-state index in [9.17, 15) is 4.79 Å². The molecule has 1 aromatic carbocycles. The molecule has 0 saturated carbocycles. The lowest BCUT2D eigenvalue weighted by Crippen LogP contribution is -2.07. The molecule has 0 amide bonds. The molecule has 104 valence electrons. The van der Waals surface area contributed by atoms with E-state index in [2.05, 4.69) is 25.7 Å². The third-order valence-corrected chi connectivity index (χ3v) is 3.08. The fourth-order valence-corrected chi connectivity index (χ4v) is 2.04. The van der Waals surface area contributed by atoms with E-state index in [-0.39, 0.29) is 11.3 Å². The standard InChI is InChI=1S/C14H13BrN2O3/c1-19-14(18)11-6-13(17-7-12(11)16)20-8-9-3-2-4-10(15)5-9/h2-7H,8,16H2,1H3. The van der Waals surface area contributed by atoms with Crippen LogP contribution < -0.4 is 10.5 Å². The van der Waals surface area contributed by atoms with Crippen molar-refractivity contribution in [3.05, 3.63) is 52.1 Å². The molecule has 0 radical (unpaired) electrons. The summed E-state index contributed by atoms with van der Waals surface area (Å²) in [5.41, 5.74) is 7.15. The molecule has 0 saturated heterocycles. The highest BCUT2D eigenvalue weighted by Crippen LogP contribution is 2.19. The van der Waals surface area contributed by atoms with Crippen LogP contribution in [0, 0.1) is 0 Å². The Kier molecular flexibility index (Phi) is 4.57. The van der Waals surface area contributed by atoms with Crippen molar-refractivity contribution in [3.63, 3.8) is 0 Å². The van der Waals surface area contributed by atoms with Crippen molar-refractivity contribution < 1.29 is 14.3 Å². The average Bonchev–Trinajstić information content (AvgIpc) is 2.45. The van der Waals surface area contributed by atoms with Crippen LogP contribution in [0.1, 0.15) is 15.9 Å². The minimum atomic E-state index is -0.516. The Bertz CT molecular complexity index is 632. The van der Waals surface area contributed by atoms with Gasteiger partial charge in [-0.3, -0.25) is 0 Å². The Labute approximate surface area is 124 Å². The second kappa shape index (κ2) is 6.38. The van der Waals surface area contributed by atoms with Gasteiger partial charge in [0.05, 0.1) is 24.6 Å². The van der Waals surface area contributed by atoms with Crippen LogP contribution in [-0.4, -0.2) is 18.1 Å². The first-order valence-corrected chi connectivity index (χ1v) is 6.60. The van der Waals surface area contributed by atoms with Gasteiger partial charge in [0.2, 0.25) is 5.88 Å². The highest BCUT2D eigenvalue weighted by molar-refractivity contribution is 9.10. The van der Waals surface area contributed by atoms with Crippen LogP contribution in [-0.2, 0) is 11.3 Å². The number of rotatable bonds is 4. The van der Waals surface area contributed by atoms with Gasteiger partial charge in [-0.2, -0.15) is 0 Å². The molecule has 2 rings (SSSR count). The molecule has 2 N–H and O–H groups in total. The first-order chi connectivity index (χ1) is 9.60. The van der Waals surface area contributed by atoms with Crippen LogP contribution in [0.5, 0.6) is 5.88 Å². The number of nitrogen functional groups attached to an aromatic ring is 1. The zero-order valence-corrected chi connectivity index (χ0v) is 12.4. The molecule has 0 bridgehead atoms. The van der Waals surface area contributed by atoms with Gasteiger partial charge in [-0.05, 0) is 17.7 Å². The topological polar surface area (TPSA) is 74.4 Å². The summed E-state index contributed by atoms with van der Waals surface area (Å²) in [4.78, 5) is 15.5. The van der Waals surface area contributed by atoms with E-state index in [1.54, 1.807) is 0 Å². The highest BCUT2D eigenvalue weighted by Gasteiger charge is 2.12. The summed E-state index contributed by atoms with van der Waals surface area (Å²) in [6.45, 7) is 0.344. The molecular formula is C14H13BrN2O3. The summed E-state index contributed by atoms with van der Waals surface area (Å²) in [6, 6.07) is 9.19. The van der Waals surface area contributed by atoms with E-state index >= 15 is 0 Å².